The Labute approximate surface area is 201 Å². The van der Waals surface area contributed by atoms with Crippen molar-refractivity contribution < 1.29 is 47.8 Å². The summed E-state index contributed by atoms with van der Waals surface area (Å²) in [6.45, 7) is 1.78. The van der Waals surface area contributed by atoms with E-state index in [1.807, 2.05) is 0 Å². The zero-order valence-electron chi connectivity index (χ0n) is 20.1. The second-order valence-electron chi connectivity index (χ2n) is 7.78. The van der Waals surface area contributed by atoms with E-state index in [0.29, 0.717) is 6.42 Å². The molecule has 34 heavy (non-hydrogen) atoms. The third-order valence-corrected chi connectivity index (χ3v) is 5.54. The van der Waals surface area contributed by atoms with Crippen LogP contribution in [0.15, 0.2) is 12.2 Å². The molecule has 0 aromatic rings. The highest BCUT2D eigenvalue weighted by Crippen LogP contribution is 2.43. The highest BCUT2D eigenvalue weighted by Gasteiger charge is 2.28. The topological polar surface area (TPSA) is 169 Å². The lowest BCUT2D eigenvalue weighted by molar-refractivity contribution is -0.146. The maximum absolute atomic E-state index is 12.0. The molecule has 0 saturated heterocycles. The first-order valence-corrected chi connectivity index (χ1v) is 13.2. The Kier molecular flexibility index (Phi) is 18.5. The number of phosphoric ester groups is 1. The maximum atomic E-state index is 12.0. The number of carboxylic acids is 1. The summed E-state index contributed by atoms with van der Waals surface area (Å²) in [5, 5.41) is 21.1. The smallest absolute Gasteiger partial charge is 0.472 e. The van der Waals surface area contributed by atoms with E-state index in [9.17, 15) is 34.1 Å². The summed E-state index contributed by atoms with van der Waals surface area (Å²) in [7, 11) is -4.70. The van der Waals surface area contributed by atoms with Crippen LogP contribution in [0.5, 0.6) is 0 Å². The number of rotatable bonds is 21. The van der Waals surface area contributed by atoms with Crippen LogP contribution in [0.3, 0.4) is 0 Å². The van der Waals surface area contributed by atoms with E-state index in [0.717, 1.165) is 44.9 Å². The Hall–Kier alpha value is -1.78. The van der Waals surface area contributed by atoms with Gasteiger partial charge in [-0.05, 0) is 25.7 Å². The molecule has 0 aliphatic heterocycles. The fourth-order valence-electron chi connectivity index (χ4n) is 2.65. The predicted octanol–water partition coefficient (Wildman–Crippen LogP) is 3.09. The van der Waals surface area contributed by atoms with Gasteiger partial charge in [0.1, 0.15) is 12.7 Å². The molecule has 0 bridgehead atoms. The van der Waals surface area contributed by atoms with E-state index in [2.05, 4.69) is 38.2 Å². The van der Waals surface area contributed by atoms with Crippen molar-refractivity contribution in [2.75, 3.05) is 19.8 Å². The van der Waals surface area contributed by atoms with Crippen molar-refractivity contribution in [3.8, 4) is 0 Å². The zero-order chi connectivity index (χ0) is 25.8. The van der Waals surface area contributed by atoms with Crippen molar-refractivity contribution in [2.45, 2.75) is 90.2 Å². The summed E-state index contributed by atoms with van der Waals surface area (Å²) in [4.78, 5) is 44.0. The Bertz CT molecular complexity index is 670. The van der Waals surface area contributed by atoms with E-state index in [-0.39, 0.29) is 12.8 Å². The van der Waals surface area contributed by atoms with Gasteiger partial charge in [-0.3, -0.25) is 18.6 Å². The number of allylic oxidation sites excluding steroid dienone is 2. The number of carboxylic acid groups (broad SMARTS) is 1. The molecule has 0 aliphatic carbocycles. The van der Waals surface area contributed by atoms with Gasteiger partial charge in [0, 0.05) is 12.8 Å². The zero-order valence-corrected chi connectivity index (χ0v) is 21.0. The first kappa shape index (κ1) is 32.2. The van der Waals surface area contributed by atoms with Gasteiger partial charge in [-0.15, -0.1) is 0 Å². The highest BCUT2D eigenvalue weighted by molar-refractivity contribution is 7.47. The molecule has 0 spiro atoms. The number of ether oxygens (including phenoxy) is 1. The number of carbonyl (C=O) groups is 3. The molecule has 4 N–H and O–H groups in total. The van der Waals surface area contributed by atoms with Crippen LogP contribution in [0.4, 0.5) is 0 Å². The molecular weight excluding hydrogens is 469 g/mol. The fourth-order valence-corrected chi connectivity index (χ4v) is 3.42. The van der Waals surface area contributed by atoms with Crippen molar-refractivity contribution >= 4 is 25.7 Å². The van der Waals surface area contributed by atoms with Crippen LogP contribution >= 0.6 is 7.82 Å². The van der Waals surface area contributed by atoms with Gasteiger partial charge >= 0.3 is 19.8 Å². The number of phosphoric acid groups is 1. The number of unbranched alkanes of at least 4 members (excludes halogenated alkanes) is 6. The van der Waals surface area contributed by atoms with Crippen LogP contribution in [-0.4, -0.2) is 64.9 Å². The molecule has 0 heterocycles. The van der Waals surface area contributed by atoms with Gasteiger partial charge in [-0.2, -0.15) is 0 Å². The lowest BCUT2D eigenvalue weighted by Crippen LogP contribution is -2.43. The van der Waals surface area contributed by atoms with Crippen LogP contribution in [0.2, 0.25) is 0 Å². The molecule has 1 amide bonds. The van der Waals surface area contributed by atoms with E-state index in [1.54, 1.807) is 6.92 Å². The van der Waals surface area contributed by atoms with Crippen molar-refractivity contribution in [3.63, 3.8) is 0 Å². The van der Waals surface area contributed by atoms with Gasteiger partial charge in [-0.1, -0.05) is 51.7 Å². The summed E-state index contributed by atoms with van der Waals surface area (Å²) in [6.07, 6.45) is 11.1. The van der Waals surface area contributed by atoms with Gasteiger partial charge < -0.3 is 25.2 Å². The molecule has 0 aromatic heterocycles. The van der Waals surface area contributed by atoms with Crippen LogP contribution in [0, 0.1) is 0 Å². The number of aliphatic carboxylic acids is 1. The maximum Gasteiger partial charge on any atom is 0.472 e. The minimum atomic E-state index is -4.70. The third kappa shape index (κ3) is 18.6. The van der Waals surface area contributed by atoms with E-state index in [4.69, 9.17) is 0 Å². The normalized spacial score (nSPS) is 14.9. The Morgan fingerprint density at radius 3 is 2.21 bits per heavy atom. The van der Waals surface area contributed by atoms with Crippen LogP contribution in [-0.2, 0) is 32.7 Å². The first-order valence-electron chi connectivity index (χ1n) is 11.7. The molecule has 0 aliphatic rings. The second kappa shape index (κ2) is 19.5. The van der Waals surface area contributed by atoms with Crippen LogP contribution < -0.4 is 5.32 Å². The molecule has 0 radical (unpaired) electrons. The lowest BCUT2D eigenvalue weighted by atomic mass is 10.1. The van der Waals surface area contributed by atoms with Crippen LogP contribution in [0.25, 0.3) is 0 Å². The molecule has 12 heteroatoms. The molecule has 0 rings (SSSR count). The van der Waals surface area contributed by atoms with Gasteiger partial charge in [0.15, 0.2) is 6.04 Å². The van der Waals surface area contributed by atoms with Crippen molar-refractivity contribution in [1.29, 1.82) is 0 Å². The predicted molar refractivity (Wildman–Crippen MR) is 125 cm³/mol. The molecule has 0 fully saturated rings. The van der Waals surface area contributed by atoms with Gasteiger partial charge in [-0.25, -0.2) is 9.36 Å². The van der Waals surface area contributed by atoms with Gasteiger partial charge in [0.2, 0.25) is 5.91 Å². The van der Waals surface area contributed by atoms with Crippen molar-refractivity contribution in [1.82, 2.24) is 5.32 Å². The number of hydrogen-bond donors (Lipinski definition) is 4. The molecular formula is C22H40NO10P. The minimum absolute atomic E-state index is 0.106. The molecule has 0 saturated carbocycles. The van der Waals surface area contributed by atoms with E-state index in [1.165, 1.54) is 0 Å². The number of hydrogen-bond acceptors (Lipinski definition) is 8. The van der Waals surface area contributed by atoms with Gasteiger partial charge in [0.25, 0.3) is 0 Å². The standard InChI is InChI=1S/C22H40NO10P/c1-3-5-6-7-8-9-10-11-12-13-14-20(25)23-19(22(27)28)17-33-34(29,30)32-16-18(24)15-31-21(26)4-2/h6-7,18-19,24H,3-5,8-17H2,1-2H3,(H,23,25)(H,27,28)(H,29,30)/b7-6-. The number of carbonyl (C=O) groups excluding carboxylic acids is 2. The summed E-state index contributed by atoms with van der Waals surface area (Å²) in [5.74, 6) is -2.49. The average molecular weight is 510 g/mol. The molecule has 11 nitrogen and oxygen atoms in total. The summed E-state index contributed by atoms with van der Waals surface area (Å²) in [5.41, 5.74) is 0. The largest absolute Gasteiger partial charge is 0.480 e. The second-order valence-corrected chi connectivity index (χ2v) is 9.23. The quantitative estimate of drug-likeness (QED) is 0.0780. The number of esters is 1. The minimum Gasteiger partial charge on any atom is -0.480 e. The summed E-state index contributed by atoms with van der Waals surface area (Å²) >= 11 is 0. The number of amides is 1. The van der Waals surface area contributed by atoms with Gasteiger partial charge in [0.05, 0.1) is 13.2 Å². The van der Waals surface area contributed by atoms with Crippen molar-refractivity contribution in [2.24, 2.45) is 0 Å². The SMILES string of the molecule is CCC/C=C\CCCCCCCC(=O)NC(COP(=O)(O)OCC(O)COC(=O)CC)C(=O)O. The number of nitrogens with one attached hydrogen (secondary N) is 1. The average Bonchev–Trinajstić information content (AvgIpc) is 2.79. The van der Waals surface area contributed by atoms with Crippen molar-refractivity contribution in [3.05, 3.63) is 12.2 Å². The molecule has 3 unspecified atom stereocenters. The number of aliphatic hydroxyl groups is 1. The molecule has 198 valence electrons. The molecule has 3 atom stereocenters. The Morgan fingerprint density at radius 1 is 0.941 bits per heavy atom. The third-order valence-electron chi connectivity index (χ3n) is 4.59. The Balaban J connectivity index is 4.15. The molecule has 0 aromatic carbocycles. The first-order chi connectivity index (χ1) is 16.1. The lowest BCUT2D eigenvalue weighted by Gasteiger charge is -2.18. The summed E-state index contributed by atoms with van der Waals surface area (Å²) < 4.78 is 25.7. The fraction of sp³-hybridized carbons (Fsp3) is 0.773. The Morgan fingerprint density at radius 2 is 1.56 bits per heavy atom. The highest BCUT2D eigenvalue weighted by atomic mass is 31.2. The monoisotopic (exact) mass is 509 g/mol. The number of aliphatic hydroxyl groups excluding tert-OH is 1. The summed E-state index contributed by atoms with van der Waals surface area (Å²) in [6, 6.07) is -1.54. The van der Waals surface area contributed by atoms with E-state index >= 15 is 0 Å². The van der Waals surface area contributed by atoms with Crippen LogP contribution in [0.1, 0.15) is 78.1 Å². The van der Waals surface area contributed by atoms with E-state index < -0.39 is 57.6 Å².